The van der Waals surface area contributed by atoms with Gasteiger partial charge in [0.2, 0.25) is 0 Å². The van der Waals surface area contributed by atoms with Gasteiger partial charge in [0.1, 0.15) is 0 Å². The van der Waals surface area contributed by atoms with Crippen LogP contribution in [0.5, 0.6) is 11.5 Å². The molecule has 8 nitrogen and oxygen atoms in total. The van der Waals surface area contributed by atoms with E-state index in [4.69, 9.17) is 0 Å². The molecule has 0 aliphatic heterocycles. The van der Waals surface area contributed by atoms with E-state index in [-0.39, 0.29) is 5.75 Å². The summed E-state index contributed by atoms with van der Waals surface area (Å²) < 4.78 is 53.1. The Morgan fingerprint density at radius 1 is 0.643 bits per heavy atom. The molecular weight excluding hydrogens is 807 g/mol. The lowest BCUT2D eigenvalue weighted by atomic mass is 10.1. The highest BCUT2D eigenvalue weighted by molar-refractivity contribution is 14.1. The zero-order valence-electron chi connectivity index (χ0n) is 20.9. The Balaban J connectivity index is 0.000000235. The lowest BCUT2D eigenvalue weighted by molar-refractivity contribution is -0.140. The highest BCUT2D eigenvalue weighted by Gasteiger charge is 2.36. The van der Waals surface area contributed by atoms with Crippen LogP contribution >= 0.6 is 54.5 Å². The first-order valence-electron chi connectivity index (χ1n) is 11.5. The number of aromatic hydroxyl groups is 2. The second-order valence-corrected chi connectivity index (χ2v) is 10.9. The first kappa shape index (κ1) is 32.9. The van der Waals surface area contributed by atoms with E-state index in [2.05, 4.69) is 53.1 Å². The van der Waals surface area contributed by atoms with Gasteiger partial charge in [-0.25, -0.2) is 14.0 Å². The van der Waals surface area contributed by atoms with Gasteiger partial charge in [0.15, 0.2) is 17.3 Å². The van der Waals surface area contributed by atoms with Crippen molar-refractivity contribution in [3.63, 3.8) is 0 Å². The molecule has 0 saturated carbocycles. The van der Waals surface area contributed by atoms with E-state index in [0.717, 1.165) is 10.5 Å². The van der Waals surface area contributed by atoms with Crippen LogP contribution in [0.15, 0.2) is 87.8 Å². The van der Waals surface area contributed by atoms with E-state index in [1.807, 2.05) is 40.8 Å². The van der Waals surface area contributed by atoms with E-state index in [9.17, 15) is 37.4 Å². The van der Waals surface area contributed by atoms with Crippen molar-refractivity contribution < 1.29 is 37.4 Å². The molecule has 42 heavy (non-hydrogen) atoms. The second kappa shape index (κ2) is 14.6. The Bertz CT molecular complexity index is 1610. The van der Waals surface area contributed by atoms with Crippen molar-refractivity contribution in [2.75, 3.05) is 21.3 Å². The highest BCUT2D eigenvalue weighted by Crippen LogP contribution is 2.38. The molecule has 220 valence electrons. The monoisotopic (exact) mass is 824 g/mol. The lowest BCUT2D eigenvalue weighted by Gasteiger charge is -2.13. The smallest absolute Gasteiger partial charge is 0.419 e. The Kier molecular flexibility index (Phi) is 11.4. The summed E-state index contributed by atoms with van der Waals surface area (Å²) in [6, 6.07) is 19.0. The van der Waals surface area contributed by atoms with E-state index < -0.39 is 41.1 Å². The molecule has 0 radical (unpaired) electrons. The number of para-hydroxylation sites is 3. The van der Waals surface area contributed by atoms with Crippen LogP contribution in [0.1, 0.15) is 5.56 Å². The number of benzene rings is 4. The fraction of sp³-hybridized carbons (Fsp3) is 0.0370. The van der Waals surface area contributed by atoms with Crippen LogP contribution in [0.4, 0.5) is 49.9 Å². The molecule has 0 atom stereocenters. The van der Waals surface area contributed by atoms with Gasteiger partial charge in [-0.05, 0) is 103 Å². The third kappa shape index (κ3) is 8.96. The van der Waals surface area contributed by atoms with Crippen molar-refractivity contribution in [1.29, 1.82) is 0 Å². The summed E-state index contributed by atoms with van der Waals surface area (Å²) in [7, 11) is 0. The number of hydrogen-bond acceptors (Lipinski definition) is 4. The van der Waals surface area contributed by atoms with E-state index in [0.29, 0.717) is 31.2 Å². The number of carbonyl (C=O) groups excluding carboxylic acids is 2. The average Bonchev–Trinajstić information content (AvgIpc) is 2.92. The number of alkyl halides is 3. The maximum Gasteiger partial charge on any atom is 0.419 e. The molecule has 4 rings (SSSR count). The van der Waals surface area contributed by atoms with E-state index >= 15 is 0 Å². The van der Waals surface area contributed by atoms with Gasteiger partial charge in [0, 0.05) is 8.95 Å². The number of halogens is 7. The third-order valence-corrected chi connectivity index (χ3v) is 7.40. The molecular formula is C27H19Br2F4IN4O4. The Morgan fingerprint density at radius 3 is 1.55 bits per heavy atom. The highest BCUT2D eigenvalue weighted by atomic mass is 127. The van der Waals surface area contributed by atoms with Gasteiger partial charge < -0.3 is 31.5 Å². The Hall–Kier alpha value is -3.57. The number of amides is 4. The molecule has 0 bridgehead atoms. The predicted molar refractivity (Wildman–Crippen MR) is 167 cm³/mol. The summed E-state index contributed by atoms with van der Waals surface area (Å²) in [5.41, 5.74) is -0.690. The van der Waals surface area contributed by atoms with Gasteiger partial charge in [-0.15, -0.1) is 0 Å². The quantitative estimate of drug-likeness (QED) is 0.0698. The molecule has 0 aliphatic rings. The predicted octanol–water partition coefficient (Wildman–Crippen LogP) is 9.36. The number of anilines is 4. The van der Waals surface area contributed by atoms with Gasteiger partial charge >= 0.3 is 18.2 Å². The molecule has 0 spiro atoms. The van der Waals surface area contributed by atoms with Gasteiger partial charge in [-0.3, -0.25) is 0 Å². The summed E-state index contributed by atoms with van der Waals surface area (Å²) in [6.45, 7) is 0. The number of phenols is 2. The van der Waals surface area contributed by atoms with Gasteiger partial charge in [0.25, 0.3) is 0 Å². The third-order valence-electron chi connectivity index (χ3n) is 5.15. The van der Waals surface area contributed by atoms with Crippen molar-refractivity contribution in [3.05, 3.63) is 103 Å². The molecule has 4 amide bonds. The summed E-state index contributed by atoms with van der Waals surface area (Å²) in [5, 5.41) is 29.1. The van der Waals surface area contributed by atoms with Gasteiger partial charge in [-0.2, -0.15) is 13.2 Å². The van der Waals surface area contributed by atoms with Crippen LogP contribution in [0.2, 0.25) is 0 Å². The largest absolute Gasteiger partial charge is 0.505 e. The number of urea groups is 2. The van der Waals surface area contributed by atoms with Crippen molar-refractivity contribution in [1.82, 2.24) is 0 Å². The summed E-state index contributed by atoms with van der Waals surface area (Å²) in [6.07, 6.45) is -4.95. The van der Waals surface area contributed by atoms with Crippen LogP contribution < -0.4 is 21.3 Å². The molecule has 15 heteroatoms. The molecule has 0 aromatic heterocycles. The molecule has 0 fully saturated rings. The SMILES string of the molecule is O=C(Nc1ccccc1Br)Nc1ccc(C(F)(F)F)c(F)c1O.O=C(Nc1ccccc1Br)Nc1cccc(I)c1O. The Morgan fingerprint density at radius 2 is 1.07 bits per heavy atom. The number of hydrogen-bond donors (Lipinski definition) is 6. The molecule has 0 aliphatic carbocycles. The second-order valence-electron chi connectivity index (χ2n) is 8.07. The molecule has 0 heterocycles. The summed E-state index contributed by atoms with van der Waals surface area (Å²) >= 11 is 8.53. The molecule has 4 aromatic rings. The number of phenolic OH excluding ortho intramolecular Hbond substituents is 2. The topological polar surface area (TPSA) is 123 Å². The standard InChI is InChI=1S/C14H9BrF4N2O2.C13H10BrIN2O2/c15-8-3-1-2-4-9(8)20-13(23)21-10-6-5-7(14(17,18)19)11(16)12(10)22;14-8-4-1-2-6-10(8)16-13(19)17-11-7-3-5-9(15)12(11)18/h1-6,22H,(H2,20,21,23);1-7,18H,(H2,16,17,19). The van der Waals surface area contributed by atoms with Crippen LogP contribution in [-0.2, 0) is 6.18 Å². The zero-order chi connectivity index (χ0) is 31.0. The van der Waals surface area contributed by atoms with E-state index in [1.54, 1.807) is 48.5 Å². The molecule has 0 unspecified atom stereocenters. The van der Waals surface area contributed by atoms with Crippen LogP contribution in [-0.4, -0.2) is 22.3 Å². The van der Waals surface area contributed by atoms with Crippen LogP contribution in [0.3, 0.4) is 0 Å². The Labute approximate surface area is 266 Å². The minimum atomic E-state index is -4.95. The van der Waals surface area contributed by atoms with E-state index in [1.165, 1.54) is 0 Å². The van der Waals surface area contributed by atoms with Crippen LogP contribution in [0.25, 0.3) is 0 Å². The zero-order valence-corrected chi connectivity index (χ0v) is 26.2. The number of rotatable bonds is 4. The van der Waals surface area contributed by atoms with Crippen LogP contribution in [0, 0.1) is 9.39 Å². The van der Waals surface area contributed by atoms with Crippen molar-refractivity contribution in [2.24, 2.45) is 0 Å². The number of carbonyl (C=O) groups is 2. The first-order valence-corrected chi connectivity index (χ1v) is 14.2. The fourth-order valence-electron chi connectivity index (χ4n) is 3.18. The first-order chi connectivity index (χ1) is 19.8. The maximum atomic E-state index is 13.6. The molecule has 6 N–H and O–H groups in total. The van der Waals surface area contributed by atoms with Gasteiger partial charge in [-0.1, -0.05) is 30.3 Å². The summed E-state index contributed by atoms with van der Waals surface area (Å²) in [4.78, 5) is 23.6. The fourth-order valence-corrected chi connectivity index (χ4v) is 4.44. The minimum absolute atomic E-state index is 0.0605. The normalized spacial score (nSPS) is 10.6. The van der Waals surface area contributed by atoms with Gasteiger partial charge in [0.05, 0.1) is 31.9 Å². The molecule has 0 saturated heterocycles. The maximum absolute atomic E-state index is 13.6. The average molecular weight is 826 g/mol. The molecule has 4 aromatic carbocycles. The number of nitrogens with one attached hydrogen (secondary N) is 4. The lowest BCUT2D eigenvalue weighted by Crippen LogP contribution is -2.20. The van der Waals surface area contributed by atoms with Crippen molar-refractivity contribution in [3.8, 4) is 11.5 Å². The van der Waals surface area contributed by atoms with Crippen molar-refractivity contribution in [2.45, 2.75) is 6.18 Å². The van der Waals surface area contributed by atoms with Crippen molar-refractivity contribution >= 4 is 89.3 Å². The summed E-state index contributed by atoms with van der Waals surface area (Å²) in [5.74, 6) is -3.08. The minimum Gasteiger partial charge on any atom is -0.505 e.